The fourth-order valence-corrected chi connectivity index (χ4v) is 6.02. The number of allylic oxidation sites excluding steroid dienone is 8. The van der Waals surface area contributed by atoms with E-state index >= 15 is 8.78 Å². The molecule has 0 fully saturated rings. The van der Waals surface area contributed by atoms with Gasteiger partial charge in [0.1, 0.15) is 59.2 Å². The molecular weight excluding hydrogens is 696 g/mol. The van der Waals surface area contributed by atoms with E-state index < -0.39 is 124 Å². The van der Waals surface area contributed by atoms with E-state index in [1.165, 1.54) is 42.5 Å². The van der Waals surface area contributed by atoms with Gasteiger partial charge in [-0.25, -0.2) is 8.78 Å². The van der Waals surface area contributed by atoms with Crippen molar-refractivity contribution in [2.75, 3.05) is 0 Å². The Labute approximate surface area is 286 Å². The highest BCUT2D eigenvalue weighted by Crippen LogP contribution is 2.57. The first-order valence-electron chi connectivity index (χ1n) is 13.8. The molecule has 0 N–H and O–H groups in total. The first-order chi connectivity index (χ1) is 24.6. The Morgan fingerprint density at radius 1 is 0.462 bits per heavy atom. The van der Waals surface area contributed by atoms with E-state index in [1.54, 1.807) is 6.07 Å². The number of hydrogen-bond acceptors (Lipinski definition) is 8. The normalized spacial score (nSPS) is 13.0. The van der Waals surface area contributed by atoms with Crippen LogP contribution in [0.15, 0.2) is 47.5 Å². The number of fused-ring (bicyclic) bond motifs is 2. The molecule has 0 spiro atoms. The van der Waals surface area contributed by atoms with Crippen LogP contribution in [-0.2, 0) is 12.4 Å². The molecule has 8 nitrogen and oxygen atoms in total. The highest BCUT2D eigenvalue weighted by Gasteiger charge is 2.45. The quantitative estimate of drug-likeness (QED) is 0.188. The monoisotopic (exact) mass is 702 g/mol. The van der Waals surface area contributed by atoms with Crippen molar-refractivity contribution >= 4 is 33.4 Å². The van der Waals surface area contributed by atoms with Crippen molar-refractivity contribution in [1.82, 2.24) is 0 Å². The molecule has 2 aliphatic carbocycles. The molecule has 0 aromatic heterocycles. The van der Waals surface area contributed by atoms with Crippen LogP contribution in [0.2, 0.25) is 0 Å². The number of rotatable bonds is 2. The molecule has 16 heteroatoms. The number of nitriles is 8. The molecule has 0 saturated heterocycles. The van der Waals surface area contributed by atoms with Gasteiger partial charge in [-0.3, -0.25) is 0 Å². The summed E-state index contributed by atoms with van der Waals surface area (Å²) in [4.78, 5) is 0. The summed E-state index contributed by atoms with van der Waals surface area (Å²) < 4.78 is 117. The zero-order chi connectivity index (χ0) is 38.4. The van der Waals surface area contributed by atoms with Crippen LogP contribution < -0.4 is 0 Å². The maximum atomic E-state index is 17.2. The predicted octanol–water partition coefficient (Wildman–Crippen LogP) is 8.24. The van der Waals surface area contributed by atoms with E-state index in [9.17, 15) is 68.4 Å². The molecule has 3 aromatic carbocycles. The lowest BCUT2D eigenvalue weighted by Gasteiger charge is -2.15. The number of benzene rings is 3. The summed E-state index contributed by atoms with van der Waals surface area (Å²) in [5, 5.41) is 78.6. The molecular formula is C36H6F8N8. The van der Waals surface area contributed by atoms with Crippen LogP contribution in [-0.4, -0.2) is 0 Å². The van der Waals surface area contributed by atoms with E-state index in [0.717, 1.165) is 6.07 Å². The van der Waals surface area contributed by atoms with Crippen molar-refractivity contribution in [3.8, 4) is 48.6 Å². The summed E-state index contributed by atoms with van der Waals surface area (Å²) >= 11 is 0. The molecule has 0 atom stereocenters. The molecule has 0 amide bonds. The average Bonchev–Trinajstić information content (AvgIpc) is 3.65. The average molecular weight is 702 g/mol. The van der Waals surface area contributed by atoms with Crippen LogP contribution in [0, 0.1) is 102 Å². The molecule has 5 rings (SSSR count). The van der Waals surface area contributed by atoms with E-state index in [4.69, 9.17) is 0 Å². The lowest BCUT2D eigenvalue weighted by atomic mass is 9.87. The highest BCUT2D eigenvalue weighted by molar-refractivity contribution is 6.30. The van der Waals surface area contributed by atoms with E-state index in [1.807, 2.05) is 0 Å². The van der Waals surface area contributed by atoms with Crippen LogP contribution in [0.1, 0.15) is 55.6 Å². The number of hydrogen-bond donors (Lipinski definition) is 0. The molecule has 52 heavy (non-hydrogen) atoms. The minimum Gasteiger partial charge on any atom is -0.206 e. The maximum absolute atomic E-state index is 17.2. The Hall–Kier alpha value is -8.02. The zero-order valence-corrected chi connectivity index (χ0v) is 25.1. The minimum atomic E-state index is -5.17. The molecule has 3 aromatic rings. The molecule has 246 valence electrons. The second-order valence-electron chi connectivity index (χ2n) is 10.5. The number of alkyl halides is 6. The third-order valence-electron chi connectivity index (χ3n) is 8.02. The second-order valence-corrected chi connectivity index (χ2v) is 10.5. The summed E-state index contributed by atoms with van der Waals surface area (Å²) in [6.07, 6.45) is -10.2. The molecule has 0 radical (unpaired) electrons. The van der Waals surface area contributed by atoms with E-state index in [0.29, 0.717) is 30.3 Å². The fourth-order valence-electron chi connectivity index (χ4n) is 6.02. The highest BCUT2D eigenvalue weighted by atomic mass is 19.4. The van der Waals surface area contributed by atoms with Gasteiger partial charge in [0.25, 0.3) is 0 Å². The first-order valence-corrected chi connectivity index (χ1v) is 13.8. The summed E-state index contributed by atoms with van der Waals surface area (Å²) in [5.41, 5.74) is -17.2. The van der Waals surface area contributed by atoms with Crippen LogP contribution in [0.25, 0.3) is 33.4 Å². The smallest absolute Gasteiger partial charge is 0.206 e. The summed E-state index contributed by atoms with van der Waals surface area (Å²) in [5.74, 6) is -3.33. The van der Waals surface area contributed by atoms with Gasteiger partial charge in [0, 0.05) is 44.5 Å². The maximum Gasteiger partial charge on any atom is 0.417 e. The van der Waals surface area contributed by atoms with Crippen molar-refractivity contribution in [3.05, 3.63) is 115 Å². The third-order valence-corrected chi connectivity index (χ3v) is 8.02. The largest absolute Gasteiger partial charge is 0.417 e. The number of nitrogens with zero attached hydrogens (tertiary/aromatic N) is 8. The lowest BCUT2D eigenvalue weighted by molar-refractivity contribution is -0.138. The van der Waals surface area contributed by atoms with Crippen molar-refractivity contribution in [1.29, 1.82) is 42.1 Å². The van der Waals surface area contributed by atoms with Gasteiger partial charge in [0.2, 0.25) is 0 Å². The Balaban J connectivity index is 2.01. The van der Waals surface area contributed by atoms with Crippen LogP contribution in [0.3, 0.4) is 0 Å². The van der Waals surface area contributed by atoms with Crippen molar-refractivity contribution in [3.63, 3.8) is 0 Å². The Morgan fingerprint density at radius 2 is 0.865 bits per heavy atom. The predicted molar refractivity (Wildman–Crippen MR) is 160 cm³/mol. The molecule has 0 heterocycles. The van der Waals surface area contributed by atoms with Gasteiger partial charge in [-0.1, -0.05) is 12.1 Å². The van der Waals surface area contributed by atoms with Gasteiger partial charge in [0.05, 0.1) is 45.5 Å². The molecule has 0 unspecified atom stereocenters. The standard InChI is InChI=1S/C36H6F8N8/c37-33-29-21(13-51)25(15-3-4-23(35(39,40)41)18(5-15)8-46)27(19(9-47)10-48)31(29)34(38)32-28(20(11-49)12-50)26(22(14-52)30(32)33)16-1-2-17(7-45)24(6-16)36(42,43)44/h1-6H. The molecule has 0 bridgehead atoms. The van der Waals surface area contributed by atoms with Gasteiger partial charge < -0.3 is 0 Å². The Morgan fingerprint density at radius 3 is 1.25 bits per heavy atom. The van der Waals surface area contributed by atoms with Crippen molar-refractivity contribution in [2.45, 2.75) is 12.4 Å². The van der Waals surface area contributed by atoms with Crippen LogP contribution >= 0.6 is 0 Å². The minimum absolute atomic E-state index is 0.359. The van der Waals surface area contributed by atoms with Gasteiger partial charge >= 0.3 is 12.4 Å². The summed E-state index contributed by atoms with van der Waals surface area (Å²) in [6.45, 7) is 0. The van der Waals surface area contributed by atoms with Gasteiger partial charge in [-0.05, 0) is 35.4 Å². The van der Waals surface area contributed by atoms with Gasteiger partial charge in [-0.2, -0.15) is 68.4 Å². The van der Waals surface area contributed by atoms with Crippen molar-refractivity contribution < 1.29 is 35.1 Å². The molecule has 0 aliphatic heterocycles. The van der Waals surface area contributed by atoms with E-state index in [2.05, 4.69) is 0 Å². The van der Waals surface area contributed by atoms with Gasteiger partial charge in [0.15, 0.2) is 0 Å². The molecule has 0 saturated carbocycles. The SMILES string of the molecule is N#CC(C#N)=C1C(c2ccc(C(F)(F)F)c(C#N)c2)=C(C#N)c2c(F)c3c(c(F)c21)C(=C(C#N)C#N)C(c1ccc(C#N)c(C(F)(F)F)c1)=C3C#N. The topological polar surface area (TPSA) is 190 Å². The Bertz CT molecular complexity index is 2670. The van der Waals surface area contributed by atoms with Crippen LogP contribution in [0.4, 0.5) is 35.1 Å². The van der Waals surface area contributed by atoms with Crippen LogP contribution in [0.5, 0.6) is 0 Å². The Kier molecular flexibility index (Phi) is 8.45. The van der Waals surface area contributed by atoms with Gasteiger partial charge in [-0.15, -0.1) is 0 Å². The number of halogens is 8. The zero-order valence-electron chi connectivity index (χ0n) is 25.1. The summed E-state index contributed by atoms with van der Waals surface area (Å²) in [6, 6.07) is 15.1. The lowest BCUT2D eigenvalue weighted by Crippen LogP contribution is -2.08. The van der Waals surface area contributed by atoms with Crippen molar-refractivity contribution in [2.24, 2.45) is 0 Å². The fraction of sp³-hybridized carbons (Fsp3) is 0.0556. The van der Waals surface area contributed by atoms with E-state index in [-0.39, 0.29) is 0 Å². The second kappa shape index (κ2) is 12.5. The first kappa shape index (κ1) is 35.3. The third kappa shape index (κ3) is 5.06. The summed E-state index contributed by atoms with van der Waals surface area (Å²) in [7, 11) is 0. The molecule has 2 aliphatic rings.